The molecule has 0 fully saturated rings. The first-order chi connectivity index (χ1) is 7.89. The first-order valence-corrected chi connectivity index (χ1v) is 4.62. The van der Waals surface area contributed by atoms with Gasteiger partial charge < -0.3 is 16.2 Å². The van der Waals surface area contributed by atoms with Crippen molar-refractivity contribution in [3.05, 3.63) is 24.4 Å². The van der Waals surface area contributed by atoms with Gasteiger partial charge in [0.2, 0.25) is 0 Å². The number of aromatic nitrogens is 1. The van der Waals surface area contributed by atoms with Gasteiger partial charge in [-0.3, -0.25) is 4.99 Å². The van der Waals surface area contributed by atoms with Crippen molar-refractivity contribution >= 4 is 11.8 Å². The number of nitrogens with zero attached hydrogens (tertiary/aromatic N) is 2. The van der Waals surface area contributed by atoms with Crippen molar-refractivity contribution in [2.75, 3.05) is 11.9 Å². The predicted molar refractivity (Wildman–Crippen MR) is 56.4 cm³/mol. The lowest BCUT2D eigenvalue weighted by Crippen LogP contribution is -2.33. The number of hydrogen-bond acceptors (Lipinski definition) is 3. The lowest BCUT2D eigenvalue weighted by atomic mass is 10.3. The van der Waals surface area contributed by atoms with E-state index in [1.807, 2.05) is 0 Å². The van der Waals surface area contributed by atoms with E-state index in [-0.39, 0.29) is 5.96 Å². The highest BCUT2D eigenvalue weighted by Crippen LogP contribution is 2.19. The van der Waals surface area contributed by atoms with Crippen LogP contribution in [-0.2, 0) is 0 Å². The summed E-state index contributed by atoms with van der Waals surface area (Å²) in [6.07, 6.45) is -5.74. The number of aliphatic hydroxyl groups excluding tert-OH is 1. The Kier molecular flexibility index (Phi) is 4.27. The fourth-order valence-electron chi connectivity index (χ4n) is 0.896. The zero-order chi connectivity index (χ0) is 12.9. The Bertz CT molecular complexity index is 380. The summed E-state index contributed by atoms with van der Waals surface area (Å²) in [5, 5.41) is 11.2. The fourth-order valence-corrected chi connectivity index (χ4v) is 0.896. The van der Waals surface area contributed by atoms with Gasteiger partial charge in [0.1, 0.15) is 5.82 Å². The van der Waals surface area contributed by atoms with Crippen LogP contribution in [-0.4, -0.2) is 34.9 Å². The Hall–Kier alpha value is -1.83. The minimum Gasteiger partial charge on any atom is -0.382 e. The zero-order valence-electron chi connectivity index (χ0n) is 8.65. The van der Waals surface area contributed by atoms with Gasteiger partial charge in [0.05, 0.1) is 6.54 Å². The SMILES string of the molecule is NC(=NCC(O)C(F)(F)F)Nc1ccccn1. The number of hydrogen-bond donors (Lipinski definition) is 3. The highest BCUT2D eigenvalue weighted by molar-refractivity contribution is 5.91. The van der Waals surface area contributed by atoms with Gasteiger partial charge in [-0.25, -0.2) is 4.98 Å². The number of aliphatic imine (C=N–C) groups is 1. The van der Waals surface area contributed by atoms with Crippen LogP contribution in [0.25, 0.3) is 0 Å². The number of alkyl halides is 3. The van der Waals surface area contributed by atoms with Crippen molar-refractivity contribution in [2.45, 2.75) is 12.3 Å². The van der Waals surface area contributed by atoms with Crippen molar-refractivity contribution in [2.24, 2.45) is 10.7 Å². The van der Waals surface area contributed by atoms with E-state index >= 15 is 0 Å². The topological polar surface area (TPSA) is 83.5 Å². The average molecular weight is 248 g/mol. The summed E-state index contributed by atoms with van der Waals surface area (Å²) in [7, 11) is 0. The summed E-state index contributed by atoms with van der Waals surface area (Å²) in [6.45, 7) is -0.852. The summed E-state index contributed by atoms with van der Waals surface area (Å²) in [5.74, 6) is 0.113. The summed E-state index contributed by atoms with van der Waals surface area (Å²) in [6, 6.07) is 4.92. The Morgan fingerprint density at radius 1 is 1.53 bits per heavy atom. The predicted octanol–water partition coefficient (Wildman–Crippen LogP) is 0.731. The second-order valence-electron chi connectivity index (χ2n) is 3.12. The van der Waals surface area contributed by atoms with Gasteiger partial charge >= 0.3 is 6.18 Å². The van der Waals surface area contributed by atoms with E-state index in [9.17, 15) is 13.2 Å². The molecule has 1 atom stereocenters. The Balaban J connectivity index is 2.51. The van der Waals surface area contributed by atoms with Crippen molar-refractivity contribution in [1.29, 1.82) is 0 Å². The smallest absolute Gasteiger partial charge is 0.382 e. The van der Waals surface area contributed by atoms with E-state index in [1.165, 1.54) is 6.20 Å². The third-order valence-electron chi connectivity index (χ3n) is 1.73. The van der Waals surface area contributed by atoms with Crippen LogP contribution >= 0.6 is 0 Å². The molecule has 1 rings (SSSR count). The maximum atomic E-state index is 11.9. The number of aliphatic hydroxyl groups is 1. The average Bonchev–Trinajstić information content (AvgIpc) is 2.26. The number of guanidine groups is 1. The van der Waals surface area contributed by atoms with E-state index in [0.29, 0.717) is 5.82 Å². The number of nitrogens with one attached hydrogen (secondary N) is 1. The molecule has 0 aliphatic heterocycles. The number of pyridine rings is 1. The molecule has 5 nitrogen and oxygen atoms in total. The second kappa shape index (κ2) is 5.48. The zero-order valence-corrected chi connectivity index (χ0v) is 8.65. The molecule has 0 aromatic carbocycles. The number of anilines is 1. The van der Waals surface area contributed by atoms with E-state index in [4.69, 9.17) is 10.8 Å². The van der Waals surface area contributed by atoms with Gasteiger partial charge in [0, 0.05) is 6.20 Å². The molecule has 8 heteroatoms. The molecule has 4 N–H and O–H groups in total. The van der Waals surface area contributed by atoms with Gasteiger partial charge in [0.15, 0.2) is 12.1 Å². The van der Waals surface area contributed by atoms with E-state index in [1.54, 1.807) is 18.2 Å². The fraction of sp³-hybridized carbons (Fsp3) is 0.333. The Labute approximate surface area is 95.2 Å². The quantitative estimate of drug-likeness (QED) is 0.544. The lowest BCUT2D eigenvalue weighted by Gasteiger charge is -2.12. The maximum Gasteiger partial charge on any atom is 0.416 e. The summed E-state index contributed by atoms with van der Waals surface area (Å²) >= 11 is 0. The third kappa shape index (κ3) is 4.68. The van der Waals surface area contributed by atoms with Crippen LogP contribution in [0.4, 0.5) is 19.0 Å². The molecule has 1 aromatic heterocycles. The molecular weight excluding hydrogens is 237 g/mol. The molecule has 1 heterocycles. The normalized spacial score (nSPS) is 14.5. The van der Waals surface area contributed by atoms with Gasteiger partial charge in [0.25, 0.3) is 0 Å². The van der Waals surface area contributed by atoms with Crippen LogP contribution in [0.3, 0.4) is 0 Å². The monoisotopic (exact) mass is 248 g/mol. The molecule has 0 aliphatic rings. The summed E-state index contributed by atoms with van der Waals surface area (Å²) in [5.41, 5.74) is 5.32. The van der Waals surface area contributed by atoms with Crippen LogP contribution in [0.1, 0.15) is 0 Å². The van der Waals surface area contributed by atoms with Crippen LogP contribution in [0.15, 0.2) is 29.4 Å². The maximum absolute atomic E-state index is 11.9. The molecule has 0 aliphatic carbocycles. The van der Waals surface area contributed by atoms with Gasteiger partial charge in [-0.15, -0.1) is 0 Å². The van der Waals surface area contributed by atoms with E-state index in [2.05, 4.69) is 15.3 Å². The van der Waals surface area contributed by atoms with Crippen LogP contribution < -0.4 is 11.1 Å². The first-order valence-electron chi connectivity index (χ1n) is 4.62. The second-order valence-corrected chi connectivity index (χ2v) is 3.12. The van der Waals surface area contributed by atoms with Gasteiger partial charge in [-0.1, -0.05) is 6.07 Å². The number of nitrogens with two attached hydrogens (primary N) is 1. The first kappa shape index (κ1) is 13.2. The molecule has 1 unspecified atom stereocenters. The highest BCUT2D eigenvalue weighted by Gasteiger charge is 2.37. The van der Waals surface area contributed by atoms with Crippen molar-refractivity contribution in [1.82, 2.24) is 4.98 Å². The minimum absolute atomic E-state index is 0.244. The summed E-state index contributed by atoms with van der Waals surface area (Å²) < 4.78 is 35.8. The summed E-state index contributed by atoms with van der Waals surface area (Å²) in [4.78, 5) is 7.20. The largest absolute Gasteiger partial charge is 0.416 e. The van der Waals surface area contributed by atoms with Gasteiger partial charge in [-0.05, 0) is 12.1 Å². The standard InChI is InChI=1S/C9H11F3N4O/c10-9(11,12)6(17)5-15-8(13)16-7-3-1-2-4-14-7/h1-4,6,17H,5H2,(H3,13,14,15,16). The highest BCUT2D eigenvalue weighted by atomic mass is 19.4. The Morgan fingerprint density at radius 3 is 2.76 bits per heavy atom. The number of rotatable bonds is 3. The van der Waals surface area contributed by atoms with E-state index < -0.39 is 18.8 Å². The Morgan fingerprint density at radius 2 is 2.24 bits per heavy atom. The molecule has 1 aromatic rings. The molecule has 0 spiro atoms. The molecular formula is C9H11F3N4O. The molecule has 0 amide bonds. The molecule has 94 valence electrons. The van der Waals surface area contributed by atoms with Gasteiger partial charge in [-0.2, -0.15) is 13.2 Å². The van der Waals surface area contributed by atoms with Crippen molar-refractivity contribution < 1.29 is 18.3 Å². The lowest BCUT2D eigenvalue weighted by molar-refractivity contribution is -0.199. The third-order valence-corrected chi connectivity index (χ3v) is 1.73. The van der Waals surface area contributed by atoms with Crippen LogP contribution in [0, 0.1) is 0 Å². The molecule has 0 saturated carbocycles. The van der Waals surface area contributed by atoms with Crippen LogP contribution in [0.2, 0.25) is 0 Å². The van der Waals surface area contributed by atoms with E-state index in [0.717, 1.165) is 0 Å². The van der Waals surface area contributed by atoms with Crippen molar-refractivity contribution in [3.63, 3.8) is 0 Å². The number of halogens is 3. The van der Waals surface area contributed by atoms with Crippen molar-refractivity contribution in [3.8, 4) is 0 Å². The van der Waals surface area contributed by atoms with Crippen LogP contribution in [0.5, 0.6) is 0 Å². The molecule has 0 radical (unpaired) electrons. The molecule has 17 heavy (non-hydrogen) atoms. The molecule has 0 bridgehead atoms. The minimum atomic E-state index is -4.70. The molecule has 0 saturated heterocycles.